The summed E-state index contributed by atoms with van der Waals surface area (Å²) in [5, 5.41) is 4.74. The van der Waals surface area contributed by atoms with Crippen LogP contribution < -0.4 is 4.90 Å². The fraction of sp³-hybridized carbons (Fsp3) is 0. The van der Waals surface area contributed by atoms with Gasteiger partial charge in [0.15, 0.2) is 0 Å². The highest BCUT2D eigenvalue weighted by Gasteiger charge is 2.23. The minimum absolute atomic E-state index is 0.884. The third kappa shape index (κ3) is 6.29. The number of benzene rings is 10. The first kappa shape index (κ1) is 36.5. The van der Waals surface area contributed by atoms with Crippen LogP contribution in [0.5, 0.6) is 0 Å². The molecule has 2 heterocycles. The molecular weight excluding hydrogens is 765 g/mol. The second kappa shape index (κ2) is 15.3. The van der Waals surface area contributed by atoms with Crippen molar-refractivity contribution in [1.29, 1.82) is 0 Å². The molecular formula is C60H40N2O. The average Bonchev–Trinajstić information content (AvgIpc) is 3.91. The number of anilines is 3. The molecule has 12 aromatic rings. The number of fused-ring (bicyclic) bond motifs is 6. The molecule has 3 nitrogen and oxygen atoms in total. The van der Waals surface area contributed by atoms with E-state index in [0.717, 1.165) is 83.6 Å². The zero-order valence-corrected chi connectivity index (χ0v) is 34.4. The summed E-state index contributed by atoms with van der Waals surface area (Å²) < 4.78 is 9.13. The van der Waals surface area contributed by atoms with Crippen molar-refractivity contribution in [3.05, 3.63) is 243 Å². The normalized spacial score (nSPS) is 11.5. The highest BCUT2D eigenvalue weighted by atomic mass is 16.3. The molecule has 3 heteroatoms. The van der Waals surface area contributed by atoms with Gasteiger partial charge in [-0.2, -0.15) is 0 Å². The second-order valence-corrected chi connectivity index (χ2v) is 16.1. The van der Waals surface area contributed by atoms with Gasteiger partial charge in [0.1, 0.15) is 11.2 Å². The average molecular weight is 805 g/mol. The van der Waals surface area contributed by atoms with E-state index in [0.29, 0.717) is 0 Å². The molecule has 296 valence electrons. The largest absolute Gasteiger partial charge is 0.455 e. The Morgan fingerprint density at radius 1 is 0.333 bits per heavy atom. The van der Waals surface area contributed by atoms with Gasteiger partial charge < -0.3 is 13.9 Å². The molecule has 0 aliphatic heterocycles. The third-order valence-electron chi connectivity index (χ3n) is 12.4. The molecule has 63 heavy (non-hydrogen) atoms. The van der Waals surface area contributed by atoms with E-state index in [1.807, 2.05) is 6.07 Å². The summed E-state index contributed by atoms with van der Waals surface area (Å²) in [6, 6.07) is 87.0. The molecule has 0 N–H and O–H groups in total. The minimum Gasteiger partial charge on any atom is -0.455 e. The lowest BCUT2D eigenvalue weighted by Gasteiger charge is -2.29. The lowest BCUT2D eigenvalue weighted by atomic mass is 9.91. The van der Waals surface area contributed by atoms with Gasteiger partial charge in [0.2, 0.25) is 0 Å². The van der Waals surface area contributed by atoms with Gasteiger partial charge in [0.25, 0.3) is 0 Å². The van der Waals surface area contributed by atoms with Crippen LogP contribution in [-0.2, 0) is 0 Å². The molecule has 0 aliphatic carbocycles. The Hall–Kier alpha value is -8.40. The van der Waals surface area contributed by atoms with E-state index in [9.17, 15) is 0 Å². The molecule has 2 aromatic heterocycles. The van der Waals surface area contributed by atoms with E-state index >= 15 is 0 Å². The van der Waals surface area contributed by atoms with Crippen LogP contribution in [0.1, 0.15) is 0 Å². The molecule has 10 aromatic carbocycles. The fourth-order valence-corrected chi connectivity index (χ4v) is 9.51. The highest BCUT2D eigenvalue weighted by molar-refractivity contribution is 6.14. The second-order valence-electron chi connectivity index (χ2n) is 16.1. The number of rotatable bonds is 8. The first-order valence-electron chi connectivity index (χ1n) is 21.5. The van der Waals surface area contributed by atoms with Crippen LogP contribution in [0.4, 0.5) is 17.1 Å². The maximum atomic E-state index is 6.75. The maximum Gasteiger partial charge on any atom is 0.143 e. The molecule has 0 spiro atoms. The SMILES string of the molecule is c1ccc(-c2cccc(N(c3ccc(-c4cccc(-n5c6ccccc6c6ccccc65)c4)cc3)c3ccccc3-c3ccc4c(oc5ccccc54)c3-c3ccccc3)c2)cc1. The lowest BCUT2D eigenvalue weighted by molar-refractivity contribution is 0.670. The molecule has 0 saturated heterocycles. The predicted octanol–water partition coefficient (Wildman–Crippen LogP) is 16.8. The number of hydrogen-bond acceptors (Lipinski definition) is 2. The lowest BCUT2D eigenvalue weighted by Crippen LogP contribution is -2.11. The van der Waals surface area contributed by atoms with Gasteiger partial charge in [-0.05, 0) is 100 Å². The Labute approximate surface area is 366 Å². The van der Waals surface area contributed by atoms with Crippen LogP contribution in [0.25, 0.3) is 93.9 Å². The Morgan fingerprint density at radius 2 is 0.905 bits per heavy atom. The molecule has 0 radical (unpaired) electrons. The molecule has 0 unspecified atom stereocenters. The van der Waals surface area contributed by atoms with E-state index in [1.54, 1.807) is 0 Å². The molecule has 0 aliphatic rings. The number of furan rings is 1. The summed E-state index contributed by atoms with van der Waals surface area (Å²) in [5.41, 5.74) is 17.5. The highest BCUT2D eigenvalue weighted by Crippen LogP contribution is 2.48. The number of hydrogen-bond donors (Lipinski definition) is 0. The summed E-state index contributed by atoms with van der Waals surface area (Å²) >= 11 is 0. The maximum absolute atomic E-state index is 6.75. The fourth-order valence-electron chi connectivity index (χ4n) is 9.51. The van der Waals surface area contributed by atoms with E-state index in [4.69, 9.17) is 4.42 Å². The molecule has 0 fully saturated rings. The van der Waals surface area contributed by atoms with Gasteiger partial charge in [-0.25, -0.2) is 0 Å². The van der Waals surface area contributed by atoms with Gasteiger partial charge >= 0.3 is 0 Å². The molecule has 0 amide bonds. The zero-order chi connectivity index (χ0) is 41.7. The van der Waals surface area contributed by atoms with Crippen LogP contribution in [0, 0.1) is 0 Å². The number of para-hydroxylation sites is 4. The minimum atomic E-state index is 0.884. The Bertz CT molecular complexity index is 3570. The molecule has 0 bridgehead atoms. The summed E-state index contributed by atoms with van der Waals surface area (Å²) in [6.45, 7) is 0. The third-order valence-corrected chi connectivity index (χ3v) is 12.4. The van der Waals surface area contributed by atoms with E-state index in [-0.39, 0.29) is 0 Å². The Balaban J connectivity index is 1.02. The van der Waals surface area contributed by atoms with Gasteiger partial charge in [-0.1, -0.05) is 176 Å². The first-order valence-corrected chi connectivity index (χ1v) is 21.5. The van der Waals surface area contributed by atoms with Crippen molar-refractivity contribution < 1.29 is 4.42 Å². The van der Waals surface area contributed by atoms with Crippen LogP contribution in [0.2, 0.25) is 0 Å². The van der Waals surface area contributed by atoms with Crippen molar-refractivity contribution >= 4 is 60.8 Å². The van der Waals surface area contributed by atoms with Gasteiger partial charge in [0, 0.05) is 49.7 Å². The van der Waals surface area contributed by atoms with Crippen molar-refractivity contribution in [2.24, 2.45) is 0 Å². The monoisotopic (exact) mass is 804 g/mol. The first-order chi connectivity index (χ1) is 31.3. The van der Waals surface area contributed by atoms with Crippen molar-refractivity contribution in [3.63, 3.8) is 0 Å². The molecule has 0 atom stereocenters. The summed E-state index contributed by atoms with van der Waals surface area (Å²) in [6.07, 6.45) is 0. The number of aromatic nitrogens is 1. The van der Waals surface area contributed by atoms with E-state index < -0.39 is 0 Å². The van der Waals surface area contributed by atoms with Crippen LogP contribution in [-0.4, -0.2) is 4.57 Å². The van der Waals surface area contributed by atoms with Gasteiger partial charge in [-0.15, -0.1) is 0 Å². The van der Waals surface area contributed by atoms with E-state index in [2.05, 4.69) is 246 Å². The van der Waals surface area contributed by atoms with Gasteiger partial charge in [0.05, 0.1) is 16.7 Å². The van der Waals surface area contributed by atoms with Crippen molar-refractivity contribution in [2.45, 2.75) is 0 Å². The Morgan fingerprint density at radius 3 is 1.65 bits per heavy atom. The Kier molecular flexibility index (Phi) is 8.83. The van der Waals surface area contributed by atoms with Crippen molar-refractivity contribution in [1.82, 2.24) is 4.57 Å². The topological polar surface area (TPSA) is 21.3 Å². The standard InChI is InChI=1S/C60H40N2O/c1-3-17-41(18-4-1)44-21-15-23-47(39-44)61(46-35-33-42(34-36-46)45-22-16-24-48(40-45)62-56-30-12-7-25-49(56)50-26-8-13-31-57(50)62)55-29-11-9-27-51(55)53-37-38-54-52-28-10-14-32-58(52)63-60(54)59(53)43-19-5-2-6-20-43/h1-40H. The summed E-state index contributed by atoms with van der Waals surface area (Å²) in [4.78, 5) is 2.40. The molecule has 12 rings (SSSR count). The smallest absolute Gasteiger partial charge is 0.143 e. The van der Waals surface area contributed by atoms with Crippen LogP contribution in [0.3, 0.4) is 0 Å². The van der Waals surface area contributed by atoms with E-state index in [1.165, 1.54) is 27.4 Å². The van der Waals surface area contributed by atoms with Crippen LogP contribution >= 0.6 is 0 Å². The van der Waals surface area contributed by atoms with Crippen molar-refractivity contribution in [2.75, 3.05) is 4.90 Å². The number of nitrogens with zero attached hydrogens (tertiary/aromatic N) is 2. The summed E-state index contributed by atoms with van der Waals surface area (Å²) in [5.74, 6) is 0. The van der Waals surface area contributed by atoms with Gasteiger partial charge in [-0.3, -0.25) is 0 Å². The summed E-state index contributed by atoms with van der Waals surface area (Å²) in [7, 11) is 0. The quantitative estimate of drug-likeness (QED) is 0.153. The predicted molar refractivity (Wildman–Crippen MR) is 264 cm³/mol. The van der Waals surface area contributed by atoms with Crippen LogP contribution in [0.15, 0.2) is 247 Å². The van der Waals surface area contributed by atoms with Crippen molar-refractivity contribution in [3.8, 4) is 50.2 Å². The molecule has 0 saturated carbocycles. The zero-order valence-electron chi connectivity index (χ0n) is 34.4.